The van der Waals surface area contributed by atoms with Gasteiger partial charge < -0.3 is 31.8 Å². The van der Waals surface area contributed by atoms with Crippen molar-refractivity contribution in [2.24, 2.45) is 10.9 Å². The van der Waals surface area contributed by atoms with Crippen molar-refractivity contribution in [1.29, 1.82) is 0 Å². The molecule has 1 unspecified atom stereocenters. The van der Waals surface area contributed by atoms with Crippen LogP contribution < -0.4 is 16.8 Å². The Hall–Kier alpha value is -3.82. The number of hydrogen-bond donors (Lipinski definition) is 5. The second-order valence-corrected chi connectivity index (χ2v) is 12.6. The first-order valence-electron chi connectivity index (χ1n) is 13.0. The average Bonchev–Trinajstić information content (AvgIpc) is 3.75. The Morgan fingerprint density at radius 3 is 2.67 bits per heavy atom. The quantitative estimate of drug-likeness (QED) is 0.0759. The predicted molar refractivity (Wildman–Crippen MR) is 153 cm³/mol. The number of aromatic nitrogens is 6. The Kier molecular flexibility index (Phi) is 9.13. The molecule has 2 amide bonds. The summed E-state index contributed by atoms with van der Waals surface area (Å²) in [5, 5.41) is 37.5. The highest BCUT2D eigenvalue weighted by atomic mass is 32.2. The Bertz CT molecular complexity index is 1490. The highest BCUT2D eigenvalue weighted by Gasteiger charge is 2.54. The van der Waals surface area contributed by atoms with Gasteiger partial charge in [-0.25, -0.2) is 14.3 Å². The van der Waals surface area contributed by atoms with Crippen LogP contribution >= 0.6 is 35.1 Å². The molecule has 2 aliphatic heterocycles. The number of carbonyl (C=O) groups is 4. The number of carboxylic acid groups (broad SMARTS) is 2. The molecule has 0 bridgehead atoms. The van der Waals surface area contributed by atoms with Gasteiger partial charge in [0.25, 0.3) is 11.8 Å². The van der Waals surface area contributed by atoms with E-state index < -0.39 is 46.5 Å². The van der Waals surface area contributed by atoms with Gasteiger partial charge in [-0.1, -0.05) is 16.9 Å². The summed E-state index contributed by atoms with van der Waals surface area (Å²) < 4.78 is 5.57. The van der Waals surface area contributed by atoms with Crippen LogP contribution in [-0.4, -0.2) is 109 Å². The molecular weight excluding hydrogens is 627 g/mol. The molecular formula is C22H27N11O7S3. The lowest BCUT2D eigenvalue weighted by molar-refractivity contribution is -0.165. The number of carbonyl (C=O) groups excluding carboxylic acids is 2. The normalized spacial score (nSPS) is 21.4. The number of oxime groups is 1. The van der Waals surface area contributed by atoms with Crippen molar-refractivity contribution in [2.45, 2.75) is 60.8 Å². The molecule has 2 aromatic rings. The van der Waals surface area contributed by atoms with E-state index in [-0.39, 0.29) is 41.0 Å². The summed E-state index contributed by atoms with van der Waals surface area (Å²) in [6.07, 6.45) is 2.30. The molecule has 0 radical (unpaired) electrons. The number of nitrogen functional groups attached to an aromatic ring is 1. The molecule has 3 aliphatic rings. The summed E-state index contributed by atoms with van der Waals surface area (Å²) in [7, 11) is 0. The van der Waals surface area contributed by atoms with Gasteiger partial charge in [0, 0.05) is 42.4 Å². The maximum Gasteiger partial charge on any atom is 0.352 e. The second kappa shape index (κ2) is 12.8. The zero-order chi connectivity index (χ0) is 30.7. The minimum atomic E-state index is -1.60. The highest BCUT2D eigenvalue weighted by Crippen LogP contribution is 2.41. The van der Waals surface area contributed by atoms with Gasteiger partial charge in [0.2, 0.25) is 22.3 Å². The van der Waals surface area contributed by atoms with E-state index in [0.29, 0.717) is 43.1 Å². The number of tetrazole rings is 1. The molecule has 230 valence electrons. The molecule has 1 saturated heterocycles. The van der Waals surface area contributed by atoms with Gasteiger partial charge in [0.05, 0.1) is 0 Å². The lowest BCUT2D eigenvalue weighted by Crippen LogP contribution is -2.71. The lowest BCUT2D eigenvalue weighted by atomic mass is 10.0. The van der Waals surface area contributed by atoms with Crippen LogP contribution in [0.25, 0.3) is 0 Å². The van der Waals surface area contributed by atoms with Crippen molar-refractivity contribution < 1.29 is 34.2 Å². The van der Waals surface area contributed by atoms with E-state index in [1.807, 2.05) is 0 Å². The molecule has 1 saturated carbocycles. The number of fused-ring (bicyclic) bond motifs is 1. The molecule has 5 rings (SSSR count). The topological polar surface area (TPSA) is 267 Å². The third-order valence-corrected chi connectivity index (χ3v) is 9.89. The molecule has 43 heavy (non-hydrogen) atoms. The standard InChI is InChI=1S/C22H27N11O7S3/c23-6-3-7-32-21(27-30-31-32)42-9-10-8-41-17-12(16(35)33(17)13(10)18(36)37)25-15(34)11(14-26-20(24)43-29-14)28-40-22(19(38)39)4-1-2-5-22/h12,17H,1-9,23H2,(H,25,34)(H,36,37)(H,38,39)(H2,24,26,29)/t12?,17-/m1/s1. The van der Waals surface area contributed by atoms with Gasteiger partial charge in [-0.15, -0.1) is 16.9 Å². The number of nitrogens with two attached hydrogens (primary N) is 2. The Labute approximate surface area is 255 Å². The van der Waals surface area contributed by atoms with Gasteiger partial charge in [0.15, 0.2) is 5.13 Å². The zero-order valence-electron chi connectivity index (χ0n) is 22.4. The van der Waals surface area contributed by atoms with Crippen LogP contribution in [0.2, 0.25) is 0 Å². The van der Waals surface area contributed by atoms with E-state index in [4.69, 9.17) is 16.3 Å². The fraction of sp³-hybridized carbons (Fsp3) is 0.545. The highest BCUT2D eigenvalue weighted by molar-refractivity contribution is 8.01. The summed E-state index contributed by atoms with van der Waals surface area (Å²) in [6.45, 7) is 0.971. The van der Waals surface area contributed by atoms with Gasteiger partial charge in [-0.3, -0.25) is 14.5 Å². The second-order valence-electron chi connectivity index (χ2n) is 9.73. The number of anilines is 1. The van der Waals surface area contributed by atoms with Gasteiger partial charge in [-0.05, 0) is 41.8 Å². The predicted octanol–water partition coefficient (Wildman–Crippen LogP) is -0.895. The molecule has 21 heteroatoms. The molecule has 2 aromatic heterocycles. The molecule has 0 spiro atoms. The van der Waals surface area contributed by atoms with E-state index in [1.54, 1.807) is 4.68 Å². The summed E-state index contributed by atoms with van der Waals surface area (Å²) in [5.41, 5.74) is 9.52. The smallest absolute Gasteiger partial charge is 0.352 e. The van der Waals surface area contributed by atoms with Gasteiger partial charge in [-0.2, -0.15) is 9.36 Å². The lowest BCUT2D eigenvalue weighted by Gasteiger charge is -2.49. The van der Waals surface area contributed by atoms with E-state index in [0.717, 1.165) is 16.4 Å². The Morgan fingerprint density at radius 1 is 1.26 bits per heavy atom. The fourth-order valence-corrected chi connectivity index (χ4v) is 7.60. The fourth-order valence-electron chi connectivity index (χ4n) is 4.78. The van der Waals surface area contributed by atoms with Gasteiger partial charge in [0.1, 0.15) is 17.1 Å². The SMILES string of the molecule is NCCCn1nnnc1SCC1=C(C(=O)O)N2C(=O)C(NC(=O)C(=NOC3(C(=O)O)CCCC3)c3nsc(N)n3)[C@H]2SC1. The number of rotatable bonds is 13. The molecule has 2 atom stereocenters. The van der Waals surface area contributed by atoms with Crippen LogP contribution in [0.1, 0.15) is 37.9 Å². The minimum Gasteiger partial charge on any atom is -0.478 e. The maximum atomic E-state index is 13.3. The summed E-state index contributed by atoms with van der Waals surface area (Å²) in [4.78, 5) is 61.2. The summed E-state index contributed by atoms with van der Waals surface area (Å²) in [5.74, 6) is -3.73. The van der Waals surface area contributed by atoms with Crippen molar-refractivity contribution >= 4 is 69.7 Å². The van der Waals surface area contributed by atoms with Crippen molar-refractivity contribution in [1.82, 2.24) is 39.8 Å². The van der Waals surface area contributed by atoms with Crippen molar-refractivity contribution in [3.05, 3.63) is 17.1 Å². The van der Waals surface area contributed by atoms with Crippen LogP contribution in [0.15, 0.2) is 21.6 Å². The molecule has 0 aromatic carbocycles. The average molecular weight is 654 g/mol. The summed E-state index contributed by atoms with van der Waals surface area (Å²) in [6, 6.07) is -1.09. The van der Waals surface area contributed by atoms with E-state index in [1.165, 1.54) is 23.5 Å². The number of nitrogens with one attached hydrogen (secondary N) is 1. The van der Waals surface area contributed by atoms with Crippen molar-refractivity contribution in [2.75, 3.05) is 23.8 Å². The molecule has 2 fully saturated rings. The first-order chi connectivity index (χ1) is 20.6. The molecule has 18 nitrogen and oxygen atoms in total. The number of hydrogen-bond acceptors (Lipinski definition) is 16. The van der Waals surface area contributed by atoms with Crippen LogP contribution in [0.5, 0.6) is 0 Å². The van der Waals surface area contributed by atoms with Crippen molar-refractivity contribution in [3.8, 4) is 0 Å². The molecule has 4 heterocycles. The number of β-lactam (4-membered cyclic amide) rings is 1. The minimum absolute atomic E-state index is 0.0353. The molecule has 7 N–H and O–H groups in total. The van der Waals surface area contributed by atoms with Crippen LogP contribution in [-0.2, 0) is 30.6 Å². The Morgan fingerprint density at radius 2 is 2.02 bits per heavy atom. The number of aliphatic carboxylic acids is 2. The number of nitrogens with zero attached hydrogens (tertiary/aromatic N) is 8. The van der Waals surface area contributed by atoms with Crippen LogP contribution in [0.4, 0.5) is 5.13 Å². The van der Waals surface area contributed by atoms with Gasteiger partial charge >= 0.3 is 11.9 Å². The third-order valence-electron chi connectivity index (χ3n) is 6.97. The first kappa shape index (κ1) is 30.6. The third kappa shape index (κ3) is 6.15. The number of aryl methyl sites for hydroxylation is 1. The number of carboxylic acids is 2. The van der Waals surface area contributed by atoms with E-state index in [9.17, 15) is 29.4 Å². The van der Waals surface area contributed by atoms with E-state index in [2.05, 4.69) is 35.4 Å². The van der Waals surface area contributed by atoms with Crippen LogP contribution in [0.3, 0.4) is 0 Å². The summed E-state index contributed by atoms with van der Waals surface area (Å²) >= 11 is 3.32. The first-order valence-corrected chi connectivity index (χ1v) is 15.8. The number of amides is 2. The zero-order valence-corrected chi connectivity index (χ0v) is 24.9. The van der Waals surface area contributed by atoms with E-state index >= 15 is 0 Å². The number of thioether (sulfide) groups is 2. The van der Waals surface area contributed by atoms with Crippen molar-refractivity contribution in [3.63, 3.8) is 0 Å². The monoisotopic (exact) mass is 653 g/mol. The largest absolute Gasteiger partial charge is 0.478 e. The Balaban J connectivity index is 1.31. The van der Waals surface area contributed by atoms with Crippen LogP contribution in [0, 0.1) is 0 Å². The molecule has 1 aliphatic carbocycles. The maximum absolute atomic E-state index is 13.3.